The molecule has 11 heteroatoms. The zero-order valence-electron chi connectivity index (χ0n) is 24.7. The Morgan fingerprint density at radius 2 is 1.72 bits per heavy atom. The van der Waals surface area contributed by atoms with E-state index in [9.17, 15) is 34.2 Å². The number of ketones is 2. The van der Waals surface area contributed by atoms with Gasteiger partial charge in [-0.3, -0.25) is 14.4 Å². The lowest BCUT2D eigenvalue weighted by Gasteiger charge is -2.57. The van der Waals surface area contributed by atoms with Gasteiger partial charge in [-0.25, -0.2) is 9.59 Å². The van der Waals surface area contributed by atoms with Crippen molar-refractivity contribution in [3.05, 3.63) is 59.2 Å². The zero-order chi connectivity index (χ0) is 31.6. The summed E-state index contributed by atoms with van der Waals surface area (Å²) in [5.74, 6) is -3.77. The second kappa shape index (κ2) is 10.4. The van der Waals surface area contributed by atoms with Gasteiger partial charge in [0.15, 0.2) is 35.5 Å². The Hall–Kier alpha value is -3.83. The lowest BCUT2D eigenvalue weighted by Crippen LogP contribution is -2.68. The predicted molar refractivity (Wildman–Crippen MR) is 148 cm³/mol. The summed E-state index contributed by atoms with van der Waals surface area (Å²) in [5.41, 5.74) is -3.13. The van der Waals surface area contributed by atoms with Gasteiger partial charge in [-0.05, 0) is 42.0 Å². The summed E-state index contributed by atoms with van der Waals surface area (Å²) in [6.45, 7) is 12.0. The SMILES string of the molecule is C=C1C2[C@@H]3OC(=O)O[C@]34CC(=O)C(C)=C([C@@H](OC(C)=O)C(=O)[C@]2(C)CC[C@@H]1OC(=O)[C@@H](O)[C@H](O)c1ccccc1)C4(C)C. The highest BCUT2D eigenvalue weighted by molar-refractivity contribution is 6.03. The maximum atomic E-state index is 14.5. The van der Waals surface area contributed by atoms with Gasteiger partial charge in [-0.15, -0.1) is 0 Å². The molecule has 1 saturated heterocycles. The first-order valence-corrected chi connectivity index (χ1v) is 14.2. The fourth-order valence-corrected chi connectivity index (χ4v) is 7.55. The Labute approximate surface area is 248 Å². The third-order valence-corrected chi connectivity index (χ3v) is 9.94. The van der Waals surface area contributed by atoms with Crippen LogP contribution in [0.1, 0.15) is 65.5 Å². The summed E-state index contributed by atoms with van der Waals surface area (Å²) in [7, 11) is 0. The molecule has 4 aliphatic rings. The Morgan fingerprint density at radius 3 is 2.35 bits per heavy atom. The predicted octanol–water partition coefficient (Wildman–Crippen LogP) is 3.07. The molecule has 1 spiro atoms. The van der Waals surface area contributed by atoms with E-state index in [2.05, 4.69) is 6.58 Å². The minimum absolute atomic E-state index is 0.0907. The summed E-state index contributed by atoms with van der Waals surface area (Å²) in [6, 6.07) is 8.12. The van der Waals surface area contributed by atoms with E-state index in [-0.39, 0.29) is 36.0 Å². The van der Waals surface area contributed by atoms with E-state index in [4.69, 9.17) is 18.9 Å². The van der Waals surface area contributed by atoms with Crippen molar-refractivity contribution < 1.29 is 53.1 Å². The van der Waals surface area contributed by atoms with Crippen LogP contribution in [0.3, 0.4) is 0 Å². The van der Waals surface area contributed by atoms with E-state index in [1.54, 1.807) is 58.0 Å². The Bertz CT molecular complexity index is 1440. The molecule has 2 saturated carbocycles. The molecular formula is C32H36O11. The van der Waals surface area contributed by atoms with E-state index >= 15 is 0 Å². The molecule has 1 aromatic rings. The van der Waals surface area contributed by atoms with Gasteiger partial charge >= 0.3 is 18.1 Å². The first-order valence-electron chi connectivity index (χ1n) is 14.2. The standard InChI is InChI=1S/C32H36O11/c1-15-19(34)14-32-27(42-29(39)43-32)22-16(2)20(41-28(38)24(36)23(35)18-10-8-7-9-11-18)12-13-31(22,6)26(37)25(40-17(3)33)21(15)30(32,4)5/h7-11,20,22-25,27,35-36H,2,12-14H2,1,3-6H3/t20-,22?,23+,24-,25+,27-,31+,32+/m0/s1. The van der Waals surface area contributed by atoms with Crippen LogP contribution in [0, 0.1) is 16.7 Å². The Kier molecular flexibility index (Phi) is 7.41. The van der Waals surface area contributed by atoms with Gasteiger partial charge in [0.05, 0.1) is 6.42 Å². The maximum Gasteiger partial charge on any atom is 0.509 e. The summed E-state index contributed by atoms with van der Waals surface area (Å²) in [6.07, 6.45) is -8.25. The monoisotopic (exact) mass is 596 g/mol. The van der Waals surface area contributed by atoms with Crippen LogP contribution in [0.25, 0.3) is 0 Å². The van der Waals surface area contributed by atoms with Gasteiger partial charge in [0.25, 0.3) is 0 Å². The normalized spacial score (nSPS) is 34.5. The van der Waals surface area contributed by atoms with Crippen molar-refractivity contribution in [2.75, 3.05) is 0 Å². The Balaban J connectivity index is 1.57. The molecule has 8 atom stereocenters. The molecule has 0 amide bonds. The van der Waals surface area contributed by atoms with Gasteiger partial charge < -0.3 is 29.2 Å². The average Bonchev–Trinajstić information content (AvgIpc) is 3.28. The fourth-order valence-electron chi connectivity index (χ4n) is 7.55. The summed E-state index contributed by atoms with van der Waals surface area (Å²) >= 11 is 0. The van der Waals surface area contributed by atoms with Crippen LogP contribution in [0.2, 0.25) is 0 Å². The van der Waals surface area contributed by atoms with Crippen molar-refractivity contribution in [3.8, 4) is 0 Å². The number of hydrogen-bond acceptors (Lipinski definition) is 11. The maximum absolute atomic E-state index is 14.5. The lowest BCUT2D eigenvalue weighted by atomic mass is 9.48. The molecule has 0 aromatic heterocycles. The van der Waals surface area contributed by atoms with E-state index in [1.807, 2.05) is 0 Å². The number of carbonyl (C=O) groups excluding carboxylic acids is 5. The van der Waals surface area contributed by atoms with Crippen LogP contribution in [-0.4, -0.2) is 69.9 Å². The highest BCUT2D eigenvalue weighted by atomic mass is 16.8. The number of benzene rings is 1. The number of hydrogen-bond donors (Lipinski definition) is 2. The van der Waals surface area contributed by atoms with Crippen molar-refractivity contribution in [2.24, 2.45) is 16.7 Å². The molecular weight excluding hydrogens is 560 g/mol. The molecule has 11 nitrogen and oxygen atoms in total. The number of carbonyl (C=O) groups is 5. The molecule has 230 valence electrons. The lowest BCUT2D eigenvalue weighted by molar-refractivity contribution is -0.177. The van der Waals surface area contributed by atoms with Crippen LogP contribution >= 0.6 is 0 Å². The second-order valence-electron chi connectivity index (χ2n) is 12.6. The van der Waals surface area contributed by atoms with E-state index in [1.165, 1.54) is 6.92 Å². The van der Waals surface area contributed by atoms with E-state index in [0.717, 1.165) is 0 Å². The van der Waals surface area contributed by atoms with Crippen molar-refractivity contribution in [2.45, 2.75) is 90.0 Å². The Morgan fingerprint density at radius 1 is 1.07 bits per heavy atom. The number of allylic oxidation sites excluding steroid dienone is 1. The topological polar surface area (TPSA) is 163 Å². The molecule has 3 aliphatic carbocycles. The van der Waals surface area contributed by atoms with Crippen LogP contribution < -0.4 is 0 Å². The summed E-state index contributed by atoms with van der Waals surface area (Å²) < 4.78 is 22.9. The van der Waals surface area contributed by atoms with Gasteiger partial charge in [-0.2, -0.15) is 0 Å². The molecule has 43 heavy (non-hydrogen) atoms. The van der Waals surface area contributed by atoms with Crippen molar-refractivity contribution >= 4 is 29.7 Å². The first-order chi connectivity index (χ1) is 20.1. The van der Waals surface area contributed by atoms with Crippen LogP contribution in [0.5, 0.6) is 0 Å². The number of esters is 2. The molecule has 1 heterocycles. The molecule has 0 radical (unpaired) electrons. The molecule has 2 bridgehead atoms. The number of aliphatic hydroxyl groups is 2. The van der Waals surface area contributed by atoms with Crippen molar-refractivity contribution in [1.82, 2.24) is 0 Å². The summed E-state index contributed by atoms with van der Waals surface area (Å²) in [4.78, 5) is 66.2. The van der Waals surface area contributed by atoms with Crippen LogP contribution in [-0.2, 0) is 38.1 Å². The summed E-state index contributed by atoms with van der Waals surface area (Å²) in [5, 5.41) is 21.2. The number of Topliss-reactive ketones (excluding diaryl/α,β-unsaturated/α-hetero) is 2. The van der Waals surface area contributed by atoms with Crippen LogP contribution in [0.15, 0.2) is 53.6 Å². The molecule has 2 N–H and O–H groups in total. The molecule has 5 rings (SSSR count). The van der Waals surface area contributed by atoms with Gasteiger partial charge in [0.2, 0.25) is 0 Å². The van der Waals surface area contributed by atoms with E-state index < -0.39 is 82.5 Å². The average molecular weight is 597 g/mol. The highest BCUT2D eigenvalue weighted by Crippen LogP contribution is 2.63. The minimum Gasteiger partial charge on any atom is -0.456 e. The first kappa shape index (κ1) is 30.6. The third kappa shape index (κ3) is 4.51. The van der Waals surface area contributed by atoms with Gasteiger partial charge in [0.1, 0.15) is 12.2 Å². The molecule has 1 aromatic carbocycles. The number of aliphatic hydroxyl groups excluding tert-OH is 2. The fraction of sp³-hybridized carbons (Fsp3) is 0.531. The molecule has 1 aliphatic heterocycles. The van der Waals surface area contributed by atoms with Crippen LogP contribution in [0.4, 0.5) is 4.79 Å². The van der Waals surface area contributed by atoms with Gasteiger partial charge in [0, 0.05) is 23.7 Å². The number of rotatable bonds is 5. The quantitative estimate of drug-likeness (QED) is 0.292. The number of ether oxygens (including phenoxy) is 4. The largest absolute Gasteiger partial charge is 0.509 e. The third-order valence-electron chi connectivity index (χ3n) is 9.94. The molecule has 1 unspecified atom stereocenters. The number of fused-ring (bicyclic) bond motifs is 3. The highest BCUT2D eigenvalue weighted by Gasteiger charge is 2.73. The van der Waals surface area contributed by atoms with Crippen molar-refractivity contribution in [1.29, 1.82) is 0 Å². The van der Waals surface area contributed by atoms with Gasteiger partial charge in [-0.1, -0.05) is 57.7 Å². The van der Waals surface area contributed by atoms with E-state index in [0.29, 0.717) is 5.56 Å². The minimum atomic E-state index is -1.92. The van der Waals surface area contributed by atoms with Crippen molar-refractivity contribution in [3.63, 3.8) is 0 Å². The smallest absolute Gasteiger partial charge is 0.456 e. The second-order valence-corrected chi connectivity index (χ2v) is 12.6. The molecule has 3 fully saturated rings. The zero-order valence-corrected chi connectivity index (χ0v) is 24.7.